The number of hydrazine groups is 1. The molecule has 0 aromatic carbocycles. The third kappa shape index (κ3) is 0.550. The molecule has 1 heterocycles. The van der Waals surface area contributed by atoms with Crippen LogP contribution in [0, 0.1) is 0 Å². The van der Waals surface area contributed by atoms with Crippen LogP contribution in [0.1, 0.15) is 0 Å². The van der Waals surface area contributed by atoms with Crippen LogP contribution < -0.4 is 15.0 Å². The fourth-order valence-corrected chi connectivity index (χ4v) is 0.508. The highest BCUT2D eigenvalue weighted by Gasteiger charge is 2.03. The Bertz CT molecular complexity index is 65.2. The van der Waals surface area contributed by atoms with Gasteiger partial charge in [-0.05, 0) is 0 Å². The molecule has 3 N–H and O–H groups in total. The van der Waals surface area contributed by atoms with Crippen molar-refractivity contribution in [3.05, 3.63) is 0 Å². The lowest BCUT2D eigenvalue weighted by Crippen LogP contribution is -2.25. The van der Waals surface area contributed by atoms with Crippen LogP contribution in [0.5, 0.6) is 0 Å². The number of hydrogen-bond donors (Lipinski definition) is 3. The molecule has 5 heteroatoms. The van der Waals surface area contributed by atoms with Gasteiger partial charge in [-0.1, -0.05) is 0 Å². The Labute approximate surface area is 38.9 Å². The molecule has 1 rings (SSSR count). The van der Waals surface area contributed by atoms with E-state index in [-0.39, 0.29) is 6.03 Å². The number of carbonyl (C=O) groups is 1. The molecule has 0 aliphatic carbocycles. The lowest BCUT2D eigenvalue weighted by Gasteiger charge is -1.77. The van der Waals surface area contributed by atoms with Crippen molar-refractivity contribution in [2.45, 2.75) is 0 Å². The molecule has 0 aromatic rings. The van der Waals surface area contributed by atoms with E-state index >= 15 is 0 Å². The largest absolute Gasteiger partial charge is 0.340 e. The average Bonchev–Trinajstić information content (AvgIpc) is 1.86. The highest BCUT2D eigenvalue weighted by Crippen LogP contribution is 1.86. The van der Waals surface area contributed by atoms with Crippen molar-refractivity contribution in [3.63, 3.8) is 0 Å². The number of amides is 2. The van der Waals surface area contributed by atoms with Crippen molar-refractivity contribution < 1.29 is 4.79 Å². The molecular weight excluding hydrogens is 102 g/mol. The smallest absolute Gasteiger partial charge is 0.266 e. The number of hydrogen-bond acceptors (Lipinski definition) is 3. The van der Waals surface area contributed by atoms with Crippen molar-refractivity contribution >= 4 is 18.2 Å². The number of urea groups is 1. The minimum absolute atomic E-state index is 0.194. The first-order valence-electron chi connectivity index (χ1n) is 1.36. The van der Waals surface area contributed by atoms with Crippen LogP contribution in [0.15, 0.2) is 0 Å². The van der Waals surface area contributed by atoms with Gasteiger partial charge in [0.2, 0.25) is 0 Å². The third-order valence-electron chi connectivity index (χ3n) is 0.359. The first-order valence-corrected chi connectivity index (χ1v) is 2.18. The summed E-state index contributed by atoms with van der Waals surface area (Å²) < 4.78 is 2.38. The summed E-state index contributed by atoms with van der Waals surface area (Å²) in [5, 5.41) is 0. The molecule has 34 valence electrons. The van der Waals surface area contributed by atoms with Crippen molar-refractivity contribution in [1.82, 2.24) is 15.0 Å². The van der Waals surface area contributed by atoms with Gasteiger partial charge in [-0.3, -0.25) is 10.1 Å². The van der Waals surface area contributed by atoms with Crippen LogP contribution in [0.25, 0.3) is 0 Å². The summed E-state index contributed by atoms with van der Waals surface area (Å²) in [7, 11) is 0. The van der Waals surface area contributed by atoms with Crippen LogP contribution in [-0.2, 0) is 0 Å². The number of carbonyl (C=O) groups excluding carboxylic acids is 1. The summed E-state index contributed by atoms with van der Waals surface area (Å²) in [5.41, 5.74) is 2.28. The molecule has 0 aromatic heterocycles. The Morgan fingerprint density at radius 1 is 1.67 bits per heavy atom. The summed E-state index contributed by atoms with van der Waals surface area (Å²) in [5.74, 6) is 0. The normalized spacial score (nSPS) is 19.7. The predicted molar refractivity (Wildman–Crippen MR) is 22.4 cm³/mol. The maximum absolute atomic E-state index is 9.94. The molecule has 1 aliphatic heterocycles. The van der Waals surface area contributed by atoms with E-state index < -0.39 is 0 Å². The highest BCUT2D eigenvalue weighted by molar-refractivity contribution is 7.96. The fraction of sp³-hybridized carbons (Fsp3) is 0. The molecule has 4 nitrogen and oxygen atoms in total. The first-order chi connectivity index (χ1) is 2.89. The Kier molecular flexibility index (Phi) is 0.849. The van der Waals surface area contributed by atoms with E-state index in [9.17, 15) is 4.79 Å². The predicted octanol–water partition coefficient (Wildman–Crippen LogP) is -0.633. The van der Waals surface area contributed by atoms with E-state index in [4.69, 9.17) is 0 Å². The Balaban J connectivity index is 2.37. The summed E-state index contributed by atoms with van der Waals surface area (Å²) in [6.07, 6.45) is 0. The van der Waals surface area contributed by atoms with Gasteiger partial charge in [0.1, 0.15) is 0 Å². The quantitative estimate of drug-likeness (QED) is 0.359. The Morgan fingerprint density at radius 3 is 2.67 bits per heavy atom. The minimum atomic E-state index is -0.194. The Hall–Kier alpha value is -0.420. The minimum Gasteiger partial charge on any atom is -0.266 e. The molecule has 0 atom stereocenters. The topological polar surface area (TPSA) is 53.2 Å². The van der Waals surface area contributed by atoms with E-state index in [0.717, 1.165) is 12.1 Å². The van der Waals surface area contributed by atoms with E-state index in [1.165, 1.54) is 0 Å². The van der Waals surface area contributed by atoms with Gasteiger partial charge < -0.3 is 0 Å². The second kappa shape index (κ2) is 1.36. The van der Waals surface area contributed by atoms with Gasteiger partial charge in [0.05, 0.1) is 12.1 Å². The van der Waals surface area contributed by atoms with E-state index in [0.29, 0.717) is 0 Å². The van der Waals surface area contributed by atoms with Gasteiger partial charge in [-0.25, -0.2) is 4.79 Å². The van der Waals surface area contributed by atoms with Crippen LogP contribution >= 0.6 is 12.1 Å². The van der Waals surface area contributed by atoms with E-state index in [1.54, 1.807) is 0 Å². The van der Waals surface area contributed by atoms with Crippen LogP contribution in [-0.4, -0.2) is 6.03 Å². The molecule has 0 unspecified atom stereocenters. The van der Waals surface area contributed by atoms with Crippen LogP contribution in [0.4, 0.5) is 4.79 Å². The van der Waals surface area contributed by atoms with E-state index in [1.807, 2.05) is 0 Å². The van der Waals surface area contributed by atoms with Crippen molar-refractivity contribution in [2.24, 2.45) is 0 Å². The SMILES string of the molecule is O=C1NNSN1. The lowest BCUT2D eigenvalue weighted by molar-refractivity contribution is 0.248. The zero-order chi connectivity index (χ0) is 4.41. The maximum atomic E-state index is 9.94. The molecule has 0 bridgehead atoms. The monoisotopic (exact) mass is 105 g/mol. The lowest BCUT2D eigenvalue weighted by atomic mass is 11.2. The van der Waals surface area contributed by atoms with Crippen molar-refractivity contribution in [2.75, 3.05) is 0 Å². The third-order valence-corrected chi connectivity index (χ3v) is 0.851. The van der Waals surface area contributed by atoms with Crippen LogP contribution in [0.3, 0.4) is 0 Å². The second-order valence-electron chi connectivity index (χ2n) is 0.760. The van der Waals surface area contributed by atoms with Gasteiger partial charge in [0, 0.05) is 0 Å². The molecule has 1 fully saturated rings. The summed E-state index contributed by atoms with van der Waals surface area (Å²) in [6, 6.07) is -0.194. The van der Waals surface area contributed by atoms with Crippen LogP contribution in [0.2, 0.25) is 0 Å². The molecule has 0 spiro atoms. The number of nitrogens with one attached hydrogen (secondary N) is 3. The molecule has 1 saturated heterocycles. The average molecular weight is 105 g/mol. The highest BCUT2D eigenvalue weighted by atomic mass is 32.2. The molecule has 2 amide bonds. The van der Waals surface area contributed by atoms with Gasteiger partial charge in [0.25, 0.3) is 0 Å². The molecule has 0 saturated carbocycles. The Morgan fingerprint density at radius 2 is 2.50 bits per heavy atom. The summed E-state index contributed by atoms with van der Waals surface area (Å²) in [6.45, 7) is 0. The summed E-state index contributed by atoms with van der Waals surface area (Å²) in [4.78, 5) is 12.4. The van der Waals surface area contributed by atoms with Crippen molar-refractivity contribution in [1.29, 1.82) is 0 Å². The second-order valence-corrected chi connectivity index (χ2v) is 1.37. The van der Waals surface area contributed by atoms with Gasteiger partial charge in [-0.15, -0.1) is 0 Å². The fourth-order valence-electron chi connectivity index (χ4n) is 0.169. The molecule has 6 heavy (non-hydrogen) atoms. The molecule has 0 radical (unpaired) electrons. The first kappa shape index (κ1) is 3.76. The zero-order valence-electron chi connectivity index (χ0n) is 2.82. The number of rotatable bonds is 0. The maximum Gasteiger partial charge on any atom is 0.340 e. The van der Waals surface area contributed by atoms with E-state index in [2.05, 4.69) is 15.0 Å². The van der Waals surface area contributed by atoms with Gasteiger partial charge in [0.15, 0.2) is 0 Å². The standard InChI is InChI=1S/CH3N3OS/c5-1-2-4-6-3-1/h4H,(H2,2,3,5). The summed E-state index contributed by atoms with van der Waals surface area (Å²) >= 11 is 1.12. The molecule has 1 aliphatic rings. The van der Waals surface area contributed by atoms with Gasteiger partial charge in [-0.2, -0.15) is 4.83 Å². The zero-order valence-corrected chi connectivity index (χ0v) is 3.63. The van der Waals surface area contributed by atoms with Crippen molar-refractivity contribution in [3.8, 4) is 0 Å². The van der Waals surface area contributed by atoms with Gasteiger partial charge >= 0.3 is 6.03 Å². The molecular formula is CH3N3OS.